The van der Waals surface area contributed by atoms with Crippen molar-refractivity contribution in [3.8, 4) is 0 Å². The van der Waals surface area contributed by atoms with Crippen LogP contribution in [0.1, 0.15) is 51.5 Å². The van der Waals surface area contributed by atoms with E-state index in [2.05, 4.69) is 48.4 Å². The Morgan fingerprint density at radius 2 is 2.00 bits per heavy atom. The highest BCUT2D eigenvalue weighted by molar-refractivity contribution is 5.81. The summed E-state index contributed by atoms with van der Waals surface area (Å²) < 4.78 is 0. The lowest BCUT2D eigenvalue weighted by atomic mass is 10.1. The Balaban J connectivity index is 1.80. The molecule has 0 amide bonds. The average molecular weight is 270 g/mol. The number of hydrogen-bond donors (Lipinski definition) is 1. The van der Waals surface area contributed by atoms with Crippen molar-refractivity contribution >= 4 is 10.8 Å². The van der Waals surface area contributed by atoms with Crippen LogP contribution in [0.3, 0.4) is 0 Å². The molecule has 0 saturated heterocycles. The first kappa shape index (κ1) is 15.0. The highest BCUT2D eigenvalue weighted by Crippen LogP contribution is 2.14. The third-order valence-corrected chi connectivity index (χ3v) is 3.85. The number of hydrogen-bond acceptors (Lipinski definition) is 2. The summed E-state index contributed by atoms with van der Waals surface area (Å²) in [6.07, 6.45) is 10.4. The molecule has 0 unspecified atom stereocenters. The van der Waals surface area contributed by atoms with E-state index in [4.69, 9.17) is 0 Å². The van der Waals surface area contributed by atoms with Crippen molar-refractivity contribution < 1.29 is 0 Å². The summed E-state index contributed by atoms with van der Waals surface area (Å²) in [5.74, 6) is 0. The van der Waals surface area contributed by atoms with Crippen LogP contribution in [0, 0.1) is 0 Å². The topological polar surface area (TPSA) is 24.9 Å². The van der Waals surface area contributed by atoms with Crippen LogP contribution in [-0.2, 0) is 6.54 Å². The van der Waals surface area contributed by atoms with Crippen LogP contribution in [-0.4, -0.2) is 11.0 Å². The molecule has 0 aliphatic rings. The molecule has 0 spiro atoms. The Bertz CT molecular complexity index is 522. The summed E-state index contributed by atoms with van der Waals surface area (Å²) in [5.41, 5.74) is 1.35. The van der Waals surface area contributed by atoms with Crippen LogP contribution in [0.4, 0.5) is 0 Å². The van der Waals surface area contributed by atoms with E-state index in [1.54, 1.807) is 0 Å². The molecule has 1 N–H and O–H groups in total. The molecule has 0 aliphatic heterocycles. The molecule has 2 aromatic rings. The summed E-state index contributed by atoms with van der Waals surface area (Å²) in [5, 5.41) is 6.11. The number of rotatable bonds is 8. The molecule has 2 nitrogen and oxygen atoms in total. The van der Waals surface area contributed by atoms with E-state index in [-0.39, 0.29) is 0 Å². The van der Waals surface area contributed by atoms with Gasteiger partial charge in [-0.15, -0.1) is 0 Å². The van der Waals surface area contributed by atoms with E-state index in [0.717, 1.165) is 6.54 Å². The van der Waals surface area contributed by atoms with Gasteiger partial charge in [-0.05, 0) is 36.4 Å². The second kappa shape index (κ2) is 8.01. The van der Waals surface area contributed by atoms with Gasteiger partial charge >= 0.3 is 0 Å². The maximum absolute atomic E-state index is 4.15. The fourth-order valence-electron chi connectivity index (χ4n) is 2.51. The Morgan fingerprint density at radius 1 is 1.10 bits per heavy atom. The molecule has 20 heavy (non-hydrogen) atoms. The van der Waals surface area contributed by atoms with Crippen LogP contribution in [0.25, 0.3) is 10.8 Å². The van der Waals surface area contributed by atoms with Crippen LogP contribution in [0.15, 0.2) is 36.7 Å². The van der Waals surface area contributed by atoms with Gasteiger partial charge in [-0.25, -0.2) is 0 Å². The summed E-state index contributed by atoms with van der Waals surface area (Å²) in [6.45, 7) is 5.50. The van der Waals surface area contributed by atoms with Gasteiger partial charge in [0.2, 0.25) is 0 Å². The third-order valence-electron chi connectivity index (χ3n) is 3.85. The molecule has 1 aromatic heterocycles. The summed E-state index contributed by atoms with van der Waals surface area (Å²) in [4.78, 5) is 4.15. The fraction of sp³-hybridized carbons (Fsp3) is 0.500. The second-order valence-corrected chi connectivity index (χ2v) is 5.69. The highest BCUT2D eigenvalue weighted by Gasteiger charge is 2.02. The molecule has 1 aromatic carbocycles. The minimum atomic E-state index is 0.597. The molecular weight excluding hydrogens is 244 g/mol. The Hall–Kier alpha value is -1.41. The lowest BCUT2D eigenvalue weighted by molar-refractivity contribution is 0.483. The van der Waals surface area contributed by atoms with Crippen LogP contribution in [0.2, 0.25) is 0 Å². The third kappa shape index (κ3) is 4.61. The van der Waals surface area contributed by atoms with Crippen molar-refractivity contribution in [3.63, 3.8) is 0 Å². The quantitative estimate of drug-likeness (QED) is 0.704. The highest BCUT2D eigenvalue weighted by atomic mass is 14.9. The molecule has 108 valence electrons. The molecule has 1 heterocycles. The number of aromatic nitrogens is 1. The van der Waals surface area contributed by atoms with Crippen molar-refractivity contribution in [1.82, 2.24) is 10.3 Å². The van der Waals surface area contributed by atoms with Gasteiger partial charge in [0.1, 0.15) is 0 Å². The van der Waals surface area contributed by atoms with E-state index in [1.165, 1.54) is 48.4 Å². The van der Waals surface area contributed by atoms with E-state index in [9.17, 15) is 0 Å². The molecule has 0 aliphatic carbocycles. The number of nitrogens with zero attached hydrogens (tertiary/aromatic N) is 1. The van der Waals surface area contributed by atoms with E-state index in [0.29, 0.717) is 6.04 Å². The normalized spacial score (nSPS) is 12.7. The lowest BCUT2D eigenvalue weighted by Gasteiger charge is -2.14. The molecule has 1 atom stereocenters. The van der Waals surface area contributed by atoms with Gasteiger partial charge in [-0.1, -0.05) is 44.7 Å². The molecular formula is C18H26N2. The Morgan fingerprint density at radius 3 is 2.85 bits per heavy atom. The second-order valence-electron chi connectivity index (χ2n) is 5.69. The zero-order valence-electron chi connectivity index (χ0n) is 12.7. The van der Waals surface area contributed by atoms with Crippen LogP contribution >= 0.6 is 0 Å². The zero-order valence-corrected chi connectivity index (χ0v) is 12.7. The molecule has 0 fully saturated rings. The van der Waals surface area contributed by atoms with Gasteiger partial charge in [-0.2, -0.15) is 0 Å². The summed E-state index contributed by atoms with van der Waals surface area (Å²) >= 11 is 0. The van der Waals surface area contributed by atoms with E-state index < -0.39 is 0 Å². The zero-order chi connectivity index (χ0) is 14.2. The summed E-state index contributed by atoms with van der Waals surface area (Å²) in [6, 6.07) is 9.28. The van der Waals surface area contributed by atoms with Gasteiger partial charge in [0.25, 0.3) is 0 Å². The van der Waals surface area contributed by atoms with Crippen molar-refractivity contribution in [2.75, 3.05) is 0 Å². The minimum Gasteiger partial charge on any atom is -0.310 e. The lowest BCUT2D eigenvalue weighted by Crippen LogP contribution is -2.25. The van der Waals surface area contributed by atoms with Crippen molar-refractivity contribution in [1.29, 1.82) is 0 Å². The van der Waals surface area contributed by atoms with Crippen molar-refractivity contribution in [3.05, 3.63) is 42.2 Å². The maximum atomic E-state index is 4.15. The number of nitrogens with one attached hydrogen (secondary N) is 1. The Kier molecular flexibility index (Phi) is 6.00. The van der Waals surface area contributed by atoms with E-state index >= 15 is 0 Å². The minimum absolute atomic E-state index is 0.597. The first-order valence-electron chi connectivity index (χ1n) is 7.85. The van der Waals surface area contributed by atoms with Gasteiger partial charge in [-0.3, -0.25) is 4.98 Å². The number of fused-ring (bicyclic) bond motifs is 1. The summed E-state index contributed by atoms with van der Waals surface area (Å²) in [7, 11) is 0. The molecule has 2 heteroatoms. The molecule has 0 radical (unpaired) electrons. The largest absolute Gasteiger partial charge is 0.310 e. The number of unbranched alkanes of at least 4 members (excludes halogenated alkanes) is 3. The van der Waals surface area contributed by atoms with Crippen molar-refractivity contribution in [2.24, 2.45) is 0 Å². The average Bonchev–Trinajstić information content (AvgIpc) is 2.49. The van der Waals surface area contributed by atoms with Gasteiger partial charge in [0.05, 0.1) is 0 Å². The smallest absolute Gasteiger partial charge is 0.0346 e. The first-order chi connectivity index (χ1) is 9.79. The predicted octanol–water partition coefficient (Wildman–Crippen LogP) is 4.68. The number of pyridine rings is 1. The molecule has 2 rings (SSSR count). The molecule has 0 bridgehead atoms. The standard InChI is InChI=1S/C18H26N2/c1-3-4-5-6-7-15(2)20-13-16-8-9-18-14-19-11-10-17(18)12-16/h8-12,14-15,20H,3-7,13H2,1-2H3/t15-/m0/s1. The monoisotopic (exact) mass is 270 g/mol. The van der Waals surface area contributed by atoms with Crippen LogP contribution in [0.5, 0.6) is 0 Å². The van der Waals surface area contributed by atoms with E-state index in [1.807, 2.05) is 12.4 Å². The van der Waals surface area contributed by atoms with Crippen LogP contribution < -0.4 is 5.32 Å². The maximum Gasteiger partial charge on any atom is 0.0346 e. The predicted molar refractivity (Wildman–Crippen MR) is 86.8 cm³/mol. The first-order valence-corrected chi connectivity index (χ1v) is 7.85. The fourth-order valence-corrected chi connectivity index (χ4v) is 2.51. The van der Waals surface area contributed by atoms with Crippen molar-refractivity contribution in [2.45, 2.75) is 58.5 Å². The van der Waals surface area contributed by atoms with Gasteiger partial charge in [0, 0.05) is 30.4 Å². The number of benzene rings is 1. The van der Waals surface area contributed by atoms with Gasteiger partial charge in [0.15, 0.2) is 0 Å². The van der Waals surface area contributed by atoms with Gasteiger partial charge < -0.3 is 5.32 Å². The molecule has 0 saturated carbocycles. The Labute approximate surface area is 122 Å². The SMILES string of the molecule is CCCCCC[C@H](C)NCc1ccc2cnccc2c1.